The van der Waals surface area contributed by atoms with Gasteiger partial charge in [-0.3, -0.25) is 4.98 Å². The monoisotopic (exact) mass is 352 g/mol. The molecule has 0 spiro atoms. The van der Waals surface area contributed by atoms with Gasteiger partial charge < -0.3 is 5.32 Å². The lowest BCUT2D eigenvalue weighted by Crippen LogP contribution is -2.23. The second kappa shape index (κ2) is 7.21. The maximum atomic E-state index is 6.46. The number of aryl methyl sites for hydroxylation is 1. The summed E-state index contributed by atoms with van der Waals surface area (Å²) in [5.41, 5.74) is 3.44. The lowest BCUT2D eigenvalue weighted by molar-refractivity contribution is 0.549. The molecule has 0 fully saturated rings. The lowest BCUT2D eigenvalue weighted by atomic mass is 9.98. The maximum absolute atomic E-state index is 6.46. The smallest absolute Gasteiger partial charge is 0.0483 e. The summed E-state index contributed by atoms with van der Waals surface area (Å²) in [4.78, 5) is 4.22. The summed E-state index contributed by atoms with van der Waals surface area (Å²) in [6.07, 6.45) is 4.56. The number of hydrogen-bond donors (Lipinski definition) is 1. The number of benzene rings is 1. The number of halogens is 2. The third kappa shape index (κ3) is 3.81. The quantitative estimate of drug-likeness (QED) is 0.843. The number of nitrogens with zero attached hydrogens (tertiary/aromatic N) is 1. The van der Waals surface area contributed by atoms with Gasteiger partial charge in [-0.15, -0.1) is 0 Å². The van der Waals surface area contributed by atoms with Crippen molar-refractivity contribution in [1.82, 2.24) is 10.3 Å². The summed E-state index contributed by atoms with van der Waals surface area (Å²) in [5, 5.41) is 4.36. The van der Waals surface area contributed by atoms with E-state index in [9.17, 15) is 0 Å². The van der Waals surface area contributed by atoms with E-state index in [-0.39, 0.29) is 6.04 Å². The van der Waals surface area contributed by atoms with Gasteiger partial charge >= 0.3 is 0 Å². The highest BCUT2D eigenvalue weighted by molar-refractivity contribution is 9.10. The van der Waals surface area contributed by atoms with Crippen LogP contribution in [-0.2, 0) is 6.42 Å². The van der Waals surface area contributed by atoms with Crippen molar-refractivity contribution in [2.45, 2.75) is 26.3 Å². The molecule has 4 heteroatoms. The van der Waals surface area contributed by atoms with Gasteiger partial charge in [0.05, 0.1) is 0 Å². The Labute approximate surface area is 133 Å². The number of pyridine rings is 1. The number of hydrogen-bond acceptors (Lipinski definition) is 2. The van der Waals surface area contributed by atoms with Gasteiger partial charge in [0, 0.05) is 27.9 Å². The van der Waals surface area contributed by atoms with E-state index in [1.807, 2.05) is 19.2 Å². The van der Waals surface area contributed by atoms with E-state index in [1.165, 1.54) is 5.56 Å². The first-order valence-corrected chi connectivity index (χ1v) is 7.86. The molecule has 1 heterocycles. The van der Waals surface area contributed by atoms with Crippen LogP contribution in [0.5, 0.6) is 0 Å². The van der Waals surface area contributed by atoms with Gasteiger partial charge in [-0.05, 0) is 58.6 Å². The minimum absolute atomic E-state index is 0.198. The number of nitrogens with one attached hydrogen (secondary N) is 1. The first kappa shape index (κ1) is 15.5. The third-order valence-corrected chi connectivity index (χ3v) is 4.20. The molecule has 2 aromatic rings. The second-order valence-corrected chi connectivity index (χ2v) is 6.10. The molecule has 0 aliphatic heterocycles. The summed E-state index contributed by atoms with van der Waals surface area (Å²) in [5.74, 6) is 0. The van der Waals surface area contributed by atoms with Crippen molar-refractivity contribution >= 4 is 27.5 Å². The van der Waals surface area contributed by atoms with Crippen LogP contribution in [0, 0.1) is 6.92 Å². The Bertz CT molecular complexity index is 586. The molecule has 1 N–H and O–H groups in total. The van der Waals surface area contributed by atoms with E-state index in [1.54, 1.807) is 6.20 Å². The van der Waals surface area contributed by atoms with Crippen molar-refractivity contribution in [2.75, 3.05) is 6.54 Å². The highest BCUT2D eigenvalue weighted by Crippen LogP contribution is 2.28. The maximum Gasteiger partial charge on any atom is 0.0483 e. The van der Waals surface area contributed by atoms with E-state index in [4.69, 9.17) is 11.6 Å². The van der Waals surface area contributed by atoms with Crippen LogP contribution in [0.4, 0.5) is 0 Å². The standard InChI is InChI=1S/C16H18BrClN2/c1-3-20-15(8-12-7-13(17)10-19-9-12)14-6-4-5-11(2)16(14)18/h4-7,9-10,15,20H,3,8H2,1-2H3. The molecule has 0 bridgehead atoms. The summed E-state index contributed by atoms with van der Waals surface area (Å²) >= 11 is 9.92. The molecule has 0 saturated carbocycles. The molecule has 0 aliphatic rings. The molecule has 0 amide bonds. The fourth-order valence-electron chi connectivity index (χ4n) is 2.28. The highest BCUT2D eigenvalue weighted by Gasteiger charge is 2.15. The van der Waals surface area contributed by atoms with E-state index < -0.39 is 0 Å². The molecule has 106 valence electrons. The Morgan fingerprint density at radius 2 is 2.15 bits per heavy atom. The molecule has 2 rings (SSSR count). The first-order chi connectivity index (χ1) is 9.61. The summed E-state index contributed by atoms with van der Waals surface area (Å²) in [6, 6.07) is 8.48. The minimum Gasteiger partial charge on any atom is -0.310 e. The predicted molar refractivity (Wildman–Crippen MR) is 88.2 cm³/mol. The van der Waals surface area contributed by atoms with Crippen molar-refractivity contribution in [2.24, 2.45) is 0 Å². The Balaban J connectivity index is 2.29. The first-order valence-electron chi connectivity index (χ1n) is 6.69. The average molecular weight is 354 g/mol. The van der Waals surface area contributed by atoms with Crippen LogP contribution in [0.15, 0.2) is 41.1 Å². The summed E-state index contributed by atoms with van der Waals surface area (Å²) in [7, 11) is 0. The fraction of sp³-hybridized carbons (Fsp3) is 0.312. The predicted octanol–water partition coefficient (Wildman–Crippen LogP) is 4.70. The summed E-state index contributed by atoms with van der Waals surface area (Å²) < 4.78 is 1.00. The number of aromatic nitrogens is 1. The fourth-order valence-corrected chi connectivity index (χ4v) is 2.95. The van der Waals surface area contributed by atoms with Crippen LogP contribution in [0.25, 0.3) is 0 Å². The van der Waals surface area contributed by atoms with Crippen LogP contribution < -0.4 is 5.32 Å². The van der Waals surface area contributed by atoms with Gasteiger partial charge in [0.15, 0.2) is 0 Å². The molecule has 1 aromatic carbocycles. The zero-order chi connectivity index (χ0) is 14.5. The molecule has 0 radical (unpaired) electrons. The van der Waals surface area contributed by atoms with Crippen molar-refractivity contribution < 1.29 is 0 Å². The van der Waals surface area contributed by atoms with Crippen LogP contribution in [0.2, 0.25) is 5.02 Å². The van der Waals surface area contributed by atoms with Crippen LogP contribution in [-0.4, -0.2) is 11.5 Å². The van der Waals surface area contributed by atoms with Gasteiger partial charge in [-0.1, -0.05) is 36.7 Å². The van der Waals surface area contributed by atoms with E-state index in [0.717, 1.165) is 33.6 Å². The van der Waals surface area contributed by atoms with Crippen molar-refractivity contribution in [3.63, 3.8) is 0 Å². The average Bonchev–Trinajstić information content (AvgIpc) is 2.42. The minimum atomic E-state index is 0.198. The lowest BCUT2D eigenvalue weighted by Gasteiger charge is -2.20. The van der Waals surface area contributed by atoms with Gasteiger partial charge in [0.25, 0.3) is 0 Å². The largest absolute Gasteiger partial charge is 0.310 e. The number of likely N-dealkylation sites (N-methyl/N-ethyl adjacent to an activating group) is 1. The van der Waals surface area contributed by atoms with Gasteiger partial charge in [-0.25, -0.2) is 0 Å². The van der Waals surface area contributed by atoms with Crippen molar-refractivity contribution in [1.29, 1.82) is 0 Å². The molecule has 20 heavy (non-hydrogen) atoms. The Morgan fingerprint density at radius 3 is 2.85 bits per heavy atom. The number of rotatable bonds is 5. The SMILES string of the molecule is CCNC(Cc1cncc(Br)c1)c1cccc(C)c1Cl. The van der Waals surface area contributed by atoms with Crippen LogP contribution >= 0.6 is 27.5 Å². The molecule has 1 atom stereocenters. The molecular formula is C16H18BrClN2. The van der Waals surface area contributed by atoms with E-state index in [2.05, 4.69) is 51.4 Å². The molecule has 1 aromatic heterocycles. The zero-order valence-corrected chi connectivity index (χ0v) is 14.0. The normalized spacial score (nSPS) is 12.4. The molecule has 2 nitrogen and oxygen atoms in total. The Kier molecular flexibility index (Phi) is 5.58. The van der Waals surface area contributed by atoms with Gasteiger partial charge in [0.1, 0.15) is 0 Å². The highest BCUT2D eigenvalue weighted by atomic mass is 79.9. The van der Waals surface area contributed by atoms with E-state index >= 15 is 0 Å². The second-order valence-electron chi connectivity index (χ2n) is 4.80. The molecule has 0 saturated heterocycles. The van der Waals surface area contributed by atoms with Crippen LogP contribution in [0.3, 0.4) is 0 Å². The molecule has 1 unspecified atom stereocenters. The van der Waals surface area contributed by atoms with Crippen molar-refractivity contribution in [3.05, 3.63) is 62.8 Å². The Morgan fingerprint density at radius 1 is 1.35 bits per heavy atom. The molecular weight excluding hydrogens is 336 g/mol. The molecule has 0 aliphatic carbocycles. The van der Waals surface area contributed by atoms with Crippen molar-refractivity contribution in [3.8, 4) is 0 Å². The van der Waals surface area contributed by atoms with Gasteiger partial charge in [-0.2, -0.15) is 0 Å². The third-order valence-electron chi connectivity index (χ3n) is 3.25. The summed E-state index contributed by atoms with van der Waals surface area (Å²) in [6.45, 7) is 5.04. The zero-order valence-electron chi connectivity index (χ0n) is 11.7. The Hall–Kier alpha value is -0.900. The van der Waals surface area contributed by atoms with Gasteiger partial charge in [0.2, 0.25) is 0 Å². The van der Waals surface area contributed by atoms with Crippen LogP contribution in [0.1, 0.15) is 29.7 Å². The topological polar surface area (TPSA) is 24.9 Å². The van der Waals surface area contributed by atoms with E-state index in [0.29, 0.717) is 0 Å².